The Balaban J connectivity index is 1.96. The molecule has 0 aromatic carbocycles. The lowest BCUT2D eigenvalue weighted by Crippen LogP contribution is -2.21. The Labute approximate surface area is 101 Å². The first-order valence-corrected chi connectivity index (χ1v) is 6.97. The molecule has 1 atom stereocenters. The van der Waals surface area contributed by atoms with Crippen LogP contribution in [0.25, 0.3) is 0 Å². The fourth-order valence-corrected chi connectivity index (χ4v) is 2.97. The Morgan fingerprint density at radius 3 is 2.87 bits per heavy atom. The zero-order chi connectivity index (χ0) is 10.7. The van der Waals surface area contributed by atoms with Crippen molar-refractivity contribution in [1.29, 1.82) is 0 Å². The second kappa shape index (κ2) is 5.33. The highest BCUT2D eigenvalue weighted by Crippen LogP contribution is 2.39. The van der Waals surface area contributed by atoms with Crippen LogP contribution in [0.2, 0.25) is 4.34 Å². The molecule has 1 fully saturated rings. The minimum absolute atomic E-state index is 0.537. The van der Waals surface area contributed by atoms with E-state index in [1.54, 1.807) is 11.3 Å². The number of halogens is 1. The summed E-state index contributed by atoms with van der Waals surface area (Å²) < 4.78 is 0.907. The van der Waals surface area contributed by atoms with Gasteiger partial charge in [-0.25, -0.2) is 0 Å². The summed E-state index contributed by atoms with van der Waals surface area (Å²) in [7, 11) is 0. The molecule has 0 bridgehead atoms. The van der Waals surface area contributed by atoms with Gasteiger partial charge in [0, 0.05) is 10.9 Å². The van der Waals surface area contributed by atoms with Gasteiger partial charge in [0.05, 0.1) is 4.34 Å². The predicted molar refractivity (Wildman–Crippen MR) is 67.7 cm³/mol. The van der Waals surface area contributed by atoms with E-state index in [-0.39, 0.29) is 0 Å². The van der Waals surface area contributed by atoms with Gasteiger partial charge in [-0.3, -0.25) is 0 Å². The van der Waals surface area contributed by atoms with Crippen LogP contribution in [0.3, 0.4) is 0 Å². The standard InChI is InChI=1S/C12H18ClNS/c1-2-7-14-10(8-9-3-4-9)11-5-6-12(13)15-11/h5-6,9-10,14H,2-4,7-8H2,1H3. The summed E-state index contributed by atoms with van der Waals surface area (Å²) in [6, 6.07) is 4.72. The highest BCUT2D eigenvalue weighted by molar-refractivity contribution is 7.16. The maximum atomic E-state index is 5.98. The first-order valence-electron chi connectivity index (χ1n) is 5.78. The van der Waals surface area contributed by atoms with Crippen LogP contribution >= 0.6 is 22.9 Å². The largest absolute Gasteiger partial charge is 0.309 e. The van der Waals surface area contributed by atoms with Gasteiger partial charge in [-0.15, -0.1) is 11.3 Å². The van der Waals surface area contributed by atoms with Gasteiger partial charge in [0.1, 0.15) is 0 Å². The number of rotatable bonds is 6. The number of nitrogens with one attached hydrogen (secondary N) is 1. The maximum absolute atomic E-state index is 5.98. The van der Waals surface area contributed by atoms with Crippen LogP contribution in [0.1, 0.15) is 43.5 Å². The molecule has 1 aromatic rings. The summed E-state index contributed by atoms with van der Waals surface area (Å²) in [5.41, 5.74) is 0. The van der Waals surface area contributed by atoms with Crippen molar-refractivity contribution in [2.24, 2.45) is 5.92 Å². The second-order valence-corrected chi connectivity index (χ2v) is 6.07. The van der Waals surface area contributed by atoms with Crippen LogP contribution in [0.15, 0.2) is 12.1 Å². The molecule has 0 aliphatic heterocycles. The van der Waals surface area contributed by atoms with E-state index >= 15 is 0 Å². The quantitative estimate of drug-likeness (QED) is 0.788. The Bertz CT molecular complexity index is 306. The monoisotopic (exact) mass is 243 g/mol. The van der Waals surface area contributed by atoms with Crippen molar-refractivity contribution >= 4 is 22.9 Å². The summed E-state index contributed by atoms with van der Waals surface area (Å²) >= 11 is 7.70. The molecule has 1 aliphatic carbocycles. The molecule has 1 unspecified atom stereocenters. The fraction of sp³-hybridized carbons (Fsp3) is 0.667. The van der Waals surface area contributed by atoms with E-state index < -0.39 is 0 Å². The Morgan fingerprint density at radius 1 is 1.53 bits per heavy atom. The summed E-state index contributed by atoms with van der Waals surface area (Å²) in [5.74, 6) is 0.959. The van der Waals surface area contributed by atoms with E-state index in [0.29, 0.717) is 6.04 Å². The van der Waals surface area contributed by atoms with E-state index in [4.69, 9.17) is 11.6 Å². The number of hydrogen-bond acceptors (Lipinski definition) is 2. The van der Waals surface area contributed by atoms with Crippen molar-refractivity contribution in [3.05, 3.63) is 21.3 Å². The smallest absolute Gasteiger partial charge is 0.0931 e. The molecule has 3 heteroatoms. The number of hydrogen-bond donors (Lipinski definition) is 1. The van der Waals surface area contributed by atoms with Gasteiger partial charge in [0.2, 0.25) is 0 Å². The predicted octanol–water partition coefficient (Wildman–Crippen LogP) is 4.24. The van der Waals surface area contributed by atoms with Crippen LogP contribution in [0, 0.1) is 5.92 Å². The van der Waals surface area contributed by atoms with Crippen molar-refractivity contribution in [3.8, 4) is 0 Å². The van der Waals surface area contributed by atoms with Gasteiger partial charge in [-0.2, -0.15) is 0 Å². The Morgan fingerprint density at radius 2 is 2.33 bits per heavy atom. The summed E-state index contributed by atoms with van der Waals surface area (Å²) in [4.78, 5) is 1.40. The van der Waals surface area contributed by atoms with Crippen molar-refractivity contribution in [2.75, 3.05) is 6.54 Å². The van der Waals surface area contributed by atoms with Gasteiger partial charge < -0.3 is 5.32 Å². The topological polar surface area (TPSA) is 12.0 Å². The second-order valence-electron chi connectivity index (χ2n) is 4.33. The Hall–Kier alpha value is -0.0500. The third kappa shape index (κ3) is 3.47. The maximum Gasteiger partial charge on any atom is 0.0931 e. The molecule has 1 aromatic heterocycles. The first-order chi connectivity index (χ1) is 7.29. The van der Waals surface area contributed by atoms with Crippen LogP contribution in [-0.4, -0.2) is 6.54 Å². The third-order valence-corrected chi connectivity index (χ3v) is 4.19. The van der Waals surface area contributed by atoms with Crippen LogP contribution in [0.5, 0.6) is 0 Å². The molecule has 0 spiro atoms. The van der Waals surface area contributed by atoms with Crippen molar-refractivity contribution in [2.45, 2.75) is 38.6 Å². The zero-order valence-electron chi connectivity index (χ0n) is 9.13. The lowest BCUT2D eigenvalue weighted by atomic mass is 10.1. The SMILES string of the molecule is CCCNC(CC1CC1)c1ccc(Cl)s1. The first kappa shape index (κ1) is 11.4. The van der Waals surface area contributed by atoms with E-state index in [9.17, 15) is 0 Å². The highest BCUT2D eigenvalue weighted by Gasteiger charge is 2.26. The molecule has 0 radical (unpaired) electrons. The van der Waals surface area contributed by atoms with Crippen molar-refractivity contribution in [3.63, 3.8) is 0 Å². The average molecular weight is 244 g/mol. The molecule has 84 valence electrons. The summed E-state index contributed by atoms with van der Waals surface area (Å²) in [6.45, 7) is 3.31. The van der Waals surface area contributed by atoms with Gasteiger partial charge in [-0.1, -0.05) is 31.4 Å². The lowest BCUT2D eigenvalue weighted by Gasteiger charge is -2.16. The van der Waals surface area contributed by atoms with Crippen LogP contribution in [-0.2, 0) is 0 Å². The summed E-state index contributed by atoms with van der Waals surface area (Å²) in [5, 5.41) is 3.62. The zero-order valence-corrected chi connectivity index (χ0v) is 10.7. The van der Waals surface area contributed by atoms with E-state index in [2.05, 4.69) is 18.3 Å². The molecule has 1 heterocycles. The van der Waals surface area contributed by atoms with Gasteiger partial charge in [0.25, 0.3) is 0 Å². The normalized spacial score (nSPS) is 18.0. The minimum atomic E-state index is 0.537. The molecule has 0 amide bonds. The van der Waals surface area contributed by atoms with Gasteiger partial charge in [0.15, 0.2) is 0 Å². The molecule has 1 nitrogen and oxygen atoms in total. The Kier molecular flexibility index (Phi) is 4.06. The van der Waals surface area contributed by atoms with Crippen LogP contribution < -0.4 is 5.32 Å². The minimum Gasteiger partial charge on any atom is -0.309 e. The van der Waals surface area contributed by atoms with Crippen molar-refractivity contribution in [1.82, 2.24) is 5.32 Å². The molecule has 1 aliphatic rings. The van der Waals surface area contributed by atoms with E-state index in [1.807, 2.05) is 6.07 Å². The van der Waals surface area contributed by atoms with Crippen LogP contribution in [0.4, 0.5) is 0 Å². The van der Waals surface area contributed by atoms with Gasteiger partial charge in [-0.05, 0) is 37.4 Å². The van der Waals surface area contributed by atoms with Gasteiger partial charge >= 0.3 is 0 Å². The van der Waals surface area contributed by atoms with E-state index in [0.717, 1.165) is 16.8 Å². The molecule has 1 saturated carbocycles. The summed E-state index contributed by atoms with van der Waals surface area (Å²) in [6.07, 6.45) is 5.32. The molecule has 1 N–H and O–H groups in total. The highest BCUT2D eigenvalue weighted by atomic mass is 35.5. The average Bonchev–Trinajstić information content (AvgIpc) is 2.94. The van der Waals surface area contributed by atoms with Crippen molar-refractivity contribution < 1.29 is 0 Å². The molecular formula is C12H18ClNS. The molecular weight excluding hydrogens is 226 g/mol. The molecule has 0 saturated heterocycles. The third-order valence-electron chi connectivity index (χ3n) is 2.84. The van der Waals surface area contributed by atoms with E-state index in [1.165, 1.54) is 30.6 Å². The lowest BCUT2D eigenvalue weighted by molar-refractivity contribution is 0.480. The molecule has 2 rings (SSSR count). The fourth-order valence-electron chi connectivity index (χ4n) is 1.82. The number of thiophene rings is 1. The molecule has 15 heavy (non-hydrogen) atoms.